The first-order valence-electron chi connectivity index (χ1n) is 5.43. The second-order valence-corrected chi connectivity index (χ2v) is 3.94. The van der Waals surface area contributed by atoms with Gasteiger partial charge in [0.2, 0.25) is 5.91 Å². The van der Waals surface area contributed by atoms with Gasteiger partial charge in [0.05, 0.1) is 0 Å². The number of aliphatic hydroxyl groups excluding tert-OH is 1. The maximum atomic E-state index is 11.9. The molecule has 2 rings (SSSR count). The van der Waals surface area contributed by atoms with Gasteiger partial charge in [-0.05, 0) is 6.07 Å². The Kier molecular flexibility index (Phi) is 3.10. The standard InChI is InChI=1S/C12H14N2O3/c1-8(15)13-6-7-14-11(16)9-4-2-3-5-10(9)12(14)17/h2-5,11,16H,6-7H2,1H3,(H,13,15). The van der Waals surface area contributed by atoms with Crippen molar-refractivity contribution in [1.82, 2.24) is 10.2 Å². The van der Waals surface area contributed by atoms with E-state index in [0.717, 1.165) is 0 Å². The second kappa shape index (κ2) is 4.55. The zero-order valence-corrected chi connectivity index (χ0v) is 9.51. The molecule has 2 N–H and O–H groups in total. The summed E-state index contributed by atoms with van der Waals surface area (Å²) in [6.45, 7) is 2.05. The quantitative estimate of drug-likeness (QED) is 0.788. The Balaban J connectivity index is 2.08. The third-order valence-electron chi connectivity index (χ3n) is 2.75. The molecule has 0 saturated carbocycles. The zero-order valence-electron chi connectivity index (χ0n) is 9.51. The van der Waals surface area contributed by atoms with Gasteiger partial charge in [0.1, 0.15) is 0 Å². The van der Waals surface area contributed by atoms with Crippen LogP contribution < -0.4 is 5.32 Å². The maximum absolute atomic E-state index is 11.9. The molecule has 0 aliphatic carbocycles. The monoisotopic (exact) mass is 234 g/mol. The number of carbonyl (C=O) groups excluding carboxylic acids is 2. The van der Waals surface area contributed by atoms with E-state index in [1.54, 1.807) is 24.3 Å². The summed E-state index contributed by atoms with van der Waals surface area (Å²) in [5.41, 5.74) is 1.16. The first-order valence-corrected chi connectivity index (χ1v) is 5.43. The molecule has 1 aromatic carbocycles. The van der Waals surface area contributed by atoms with Gasteiger partial charge in [-0.3, -0.25) is 9.59 Å². The molecule has 1 atom stereocenters. The van der Waals surface area contributed by atoms with Gasteiger partial charge in [0.25, 0.3) is 5.91 Å². The van der Waals surface area contributed by atoms with Crippen molar-refractivity contribution in [2.75, 3.05) is 13.1 Å². The molecule has 1 heterocycles. The minimum Gasteiger partial charge on any atom is -0.369 e. The Labute approximate surface area is 99.0 Å². The molecule has 1 unspecified atom stereocenters. The molecule has 0 saturated heterocycles. The number of hydrogen-bond donors (Lipinski definition) is 2. The lowest BCUT2D eigenvalue weighted by atomic mass is 10.1. The largest absolute Gasteiger partial charge is 0.369 e. The van der Waals surface area contributed by atoms with Crippen LogP contribution in [0.25, 0.3) is 0 Å². The number of hydrogen-bond acceptors (Lipinski definition) is 3. The Bertz CT molecular complexity index is 459. The fraction of sp³-hybridized carbons (Fsp3) is 0.333. The average Bonchev–Trinajstić information content (AvgIpc) is 2.54. The van der Waals surface area contributed by atoms with Crippen molar-refractivity contribution >= 4 is 11.8 Å². The lowest BCUT2D eigenvalue weighted by Gasteiger charge is -2.20. The Hall–Kier alpha value is -1.88. The summed E-state index contributed by atoms with van der Waals surface area (Å²) in [5.74, 6) is -0.345. The molecule has 5 heteroatoms. The molecule has 5 nitrogen and oxygen atoms in total. The first kappa shape index (κ1) is 11.6. The van der Waals surface area contributed by atoms with Crippen LogP contribution in [0, 0.1) is 0 Å². The molecule has 90 valence electrons. The number of nitrogens with zero attached hydrogens (tertiary/aromatic N) is 1. The molecule has 0 aromatic heterocycles. The van der Waals surface area contributed by atoms with Crippen LogP contribution >= 0.6 is 0 Å². The molecule has 0 bridgehead atoms. The van der Waals surface area contributed by atoms with Gasteiger partial charge >= 0.3 is 0 Å². The van der Waals surface area contributed by atoms with Gasteiger partial charge in [-0.1, -0.05) is 18.2 Å². The van der Waals surface area contributed by atoms with E-state index in [2.05, 4.69) is 5.32 Å². The van der Waals surface area contributed by atoms with E-state index in [9.17, 15) is 14.7 Å². The van der Waals surface area contributed by atoms with E-state index in [1.165, 1.54) is 11.8 Å². The van der Waals surface area contributed by atoms with E-state index in [-0.39, 0.29) is 11.8 Å². The number of benzene rings is 1. The Morgan fingerprint density at radius 1 is 1.47 bits per heavy atom. The van der Waals surface area contributed by atoms with Crippen molar-refractivity contribution in [1.29, 1.82) is 0 Å². The van der Waals surface area contributed by atoms with Gasteiger partial charge in [0, 0.05) is 31.1 Å². The van der Waals surface area contributed by atoms with Crippen LogP contribution in [0.1, 0.15) is 29.1 Å². The number of aliphatic hydroxyl groups is 1. The highest BCUT2D eigenvalue weighted by molar-refractivity contribution is 5.98. The van der Waals surface area contributed by atoms with E-state index >= 15 is 0 Å². The lowest BCUT2D eigenvalue weighted by molar-refractivity contribution is -0.119. The molecular formula is C12H14N2O3. The molecule has 2 amide bonds. The SMILES string of the molecule is CC(=O)NCCN1C(=O)c2ccccc2C1O. The maximum Gasteiger partial charge on any atom is 0.256 e. The summed E-state index contributed by atoms with van der Waals surface area (Å²) in [7, 11) is 0. The van der Waals surface area contributed by atoms with Gasteiger partial charge in [-0.2, -0.15) is 0 Å². The van der Waals surface area contributed by atoms with Crippen molar-refractivity contribution in [3.63, 3.8) is 0 Å². The summed E-state index contributed by atoms with van der Waals surface area (Å²) >= 11 is 0. The van der Waals surface area contributed by atoms with Crippen LogP contribution in [-0.4, -0.2) is 34.9 Å². The highest BCUT2D eigenvalue weighted by Crippen LogP contribution is 2.30. The van der Waals surface area contributed by atoms with Gasteiger partial charge < -0.3 is 15.3 Å². The summed E-state index contributed by atoms with van der Waals surface area (Å²) in [6.07, 6.45) is -0.910. The highest BCUT2D eigenvalue weighted by atomic mass is 16.3. The number of carbonyl (C=O) groups is 2. The predicted molar refractivity (Wildman–Crippen MR) is 61.1 cm³/mol. The fourth-order valence-electron chi connectivity index (χ4n) is 1.93. The van der Waals surface area contributed by atoms with Gasteiger partial charge in [-0.25, -0.2) is 0 Å². The summed E-state index contributed by atoms with van der Waals surface area (Å²) in [5, 5.41) is 12.6. The van der Waals surface area contributed by atoms with Crippen LogP contribution in [-0.2, 0) is 4.79 Å². The van der Waals surface area contributed by atoms with Gasteiger partial charge in [-0.15, -0.1) is 0 Å². The average molecular weight is 234 g/mol. The summed E-state index contributed by atoms with van der Waals surface area (Å²) in [6, 6.07) is 6.98. The number of amides is 2. The second-order valence-electron chi connectivity index (χ2n) is 3.94. The molecule has 1 aromatic rings. The topological polar surface area (TPSA) is 69.6 Å². The van der Waals surface area contributed by atoms with Gasteiger partial charge in [0.15, 0.2) is 6.23 Å². The van der Waals surface area contributed by atoms with Crippen LogP contribution in [0.3, 0.4) is 0 Å². The molecule has 1 aliphatic heterocycles. The molecular weight excluding hydrogens is 220 g/mol. The van der Waals surface area contributed by atoms with Crippen LogP contribution in [0.15, 0.2) is 24.3 Å². The minimum atomic E-state index is -0.910. The van der Waals surface area contributed by atoms with E-state index < -0.39 is 6.23 Å². The predicted octanol–water partition coefficient (Wildman–Crippen LogP) is 0.269. The highest BCUT2D eigenvalue weighted by Gasteiger charge is 2.34. The number of nitrogens with one attached hydrogen (secondary N) is 1. The number of rotatable bonds is 3. The zero-order chi connectivity index (χ0) is 12.4. The molecule has 1 aliphatic rings. The van der Waals surface area contributed by atoms with Crippen molar-refractivity contribution in [2.45, 2.75) is 13.2 Å². The van der Waals surface area contributed by atoms with Crippen molar-refractivity contribution in [2.24, 2.45) is 0 Å². The Morgan fingerprint density at radius 3 is 2.82 bits per heavy atom. The molecule has 0 radical (unpaired) electrons. The summed E-state index contributed by atoms with van der Waals surface area (Å²) in [4.78, 5) is 24.0. The first-order chi connectivity index (χ1) is 8.11. The lowest BCUT2D eigenvalue weighted by Crippen LogP contribution is -2.36. The Morgan fingerprint density at radius 2 is 2.18 bits per heavy atom. The molecule has 0 spiro atoms. The third kappa shape index (κ3) is 2.14. The van der Waals surface area contributed by atoms with Crippen LogP contribution in [0.2, 0.25) is 0 Å². The summed E-state index contributed by atoms with van der Waals surface area (Å²) < 4.78 is 0. The van der Waals surface area contributed by atoms with Crippen LogP contribution in [0.5, 0.6) is 0 Å². The molecule has 17 heavy (non-hydrogen) atoms. The van der Waals surface area contributed by atoms with Crippen molar-refractivity contribution in [3.05, 3.63) is 35.4 Å². The van der Waals surface area contributed by atoms with Crippen molar-refractivity contribution in [3.8, 4) is 0 Å². The smallest absolute Gasteiger partial charge is 0.256 e. The van der Waals surface area contributed by atoms with Crippen molar-refractivity contribution < 1.29 is 14.7 Å². The van der Waals surface area contributed by atoms with E-state index in [0.29, 0.717) is 24.2 Å². The minimum absolute atomic E-state index is 0.149. The number of fused-ring (bicyclic) bond motifs is 1. The van der Waals surface area contributed by atoms with E-state index in [1.807, 2.05) is 0 Å². The third-order valence-corrected chi connectivity index (χ3v) is 2.75. The van der Waals surface area contributed by atoms with Crippen LogP contribution in [0.4, 0.5) is 0 Å². The normalized spacial score (nSPS) is 18.1. The molecule has 0 fully saturated rings. The fourth-order valence-corrected chi connectivity index (χ4v) is 1.93. The van der Waals surface area contributed by atoms with E-state index in [4.69, 9.17) is 0 Å².